The van der Waals surface area contributed by atoms with Crippen LogP contribution >= 0.6 is 0 Å². The summed E-state index contributed by atoms with van der Waals surface area (Å²) in [7, 11) is 1.63. The van der Waals surface area contributed by atoms with E-state index in [2.05, 4.69) is 0 Å². The molecule has 1 aliphatic rings. The van der Waals surface area contributed by atoms with E-state index in [-0.39, 0.29) is 18.0 Å². The van der Waals surface area contributed by atoms with Crippen LogP contribution in [0.15, 0.2) is 36.4 Å². The van der Waals surface area contributed by atoms with Crippen LogP contribution in [0.2, 0.25) is 0 Å². The third-order valence-electron chi connectivity index (χ3n) is 3.91. The fraction of sp³-hybridized carbons (Fsp3) is 0.294. The standard InChI is InChI=1S/C17H18FNO2/c1-10-7-11(3-5-14(10)18)17-9-15(19)13-8-12(20-2)4-6-16(13)21-17/h3-8,15,17H,9,19H2,1-2H3/t15-,17?/m0/s1. The Kier molecular flexibility index (Phi) is 3.55. The molecule has 0 aromatic heterocycles. The summed E-state index contributed by atoms with van der Waals surface area (Å²) in [5.41, 5.74) is 8.77. The molecule has 21 heavy (non-hydrogen) atoms. The van der Waals surface area contributed by atoms with Crippen LogP contribution in [-0.4, -0.2) is 7.11 Å². The molecule has 0 saturated carbocycles. The minimum atomic E-state index is -0.205. The van der Waals surface area contributed by atoms with Crippen molar-refractivity contribution in [2.75, 3.05) is 7.11 Å². The van der Waals surface area contributed by atoms with Crippen LogP contribution in [0.4, 0.5) is 4.39 Å². The molecule has 1 aliphatic heterocycles. The van der Waals surface area contributed by atoms with E-state index in [0.29, 0.717) is 12.0 Å². The van der Waals surface area contributed by atoms with Gasteiger partial charge < -0.3 is 15.2 Å². The van der Waals surface area contributed by atoms with E-state index in [4.69, 9.17) is 15.2 Å². The predicted molar refractivity (Wildman–Crippen MR) is 79.0 cm³/mol. The first kappa shape index (κ1) is 13.9. The second-order valence-electron chi connectivity index (χ2n) is 5.36. The molecule has 3 nitrogen and oxygen atoms in total. The number of hydrogen-bond acceptors (Lipinski definition) is 3. The van der Waals surface area contributed by atoms with Crippen LogP contribution < -0.4 is 15.2 Å². The second-order valence-corrected chi connectivity index (χ2v) is 5.36. The van der Waals surface area contributed by atoms with Gasteiger partial charge in [-0.3, -0.25) is 0 Å². The highest BCUT2D eigenvalue weighted by Crippen LogP contribution is 2.41. The Labute approximate surface area is 123 Å². The molecule has 0 radical (unpaired) electrons. The first-order chi connectivity index (χ1) is 10.1. The highest BCUT2D eigenvalue weighted by Gasteiger charge is 2.27. The summed E-state index contributed by atoms with van der Waals surface area (Å²) in [6.07, 6.45) is 0.505. The number of ether oxygens (including phenoxy) is 2. The zero-order valence-corrected chi connectivity index (χ0v) is 12.1. The van der Waals surface area contributed by atoms with E-state index in [0.717, 1.165) is 22.6 Å². The SMILES string of the molecule is COc1ccc2c(c1)[C@@H](N)CC(c1ccc(F)c(C)c1)O2. The van der Waals surface area contributed by atoms with Crippen LogP contribution in [0.5, 0.6) is 11.5 Å². The highest BCUT2D eigenvalue weighted by molar-refractivity contribution is 5.44. The molecule has 0 bridgehead atoms. The number of nitrogens with two attached hydrogens (primary N) is 1. The number of methoxy groups -OCH3 is 1. The van der Waals surface area contributed by atoms with Gasteiger partial charge in [0.25, 0.3) is 0 Å². The van der Waals surface area contributed by atoms with E-state index < -0.39 is 0 Å². The molecule has 110 valence electrons. The number of fused-ring (bicyclic) bond motifs is 1. The van der Waals surface area contributed by atoms with Gasteiger partial charge in [-0.15, -0.1) is 0 Å². The van der Waals surface area contributed by atoms with Crippen LogP contribution in [-0.2, 0) is 0 Å². The molecule has 3 rings (SSSR count). The lowest BCUT2D eigenvalue weighted by Crippen LogP contribution is -2.24. The Bertz CT molecular complexity index is 672. The fourth-order valence-corrected chi connectivity index (χ4v) is 2.68. The summed E-state index contributed by atoms with van der Waals surface area (Å²) in [6, 6.07) is 10.6. The molecule has 0 spiro atoms. The summed E-state index contributed by atoms with van der Waals surface area (Å²) in [5.74, 6) is 1.33. The normalized spacial score (nSPS) is 20.6. The smallest absolute Gasteiger partial charge is 0.126 e. The van der Waals surface area contributed by atoms with Crippen LogP contribution in [0.25, 0.3) is 0 Å². The molecule has 2 aromatic rings. The third-order valence-corrected chi connectivity index (χ3v) is 3.91. The van der Waals surface area contributed by atoms with E-state index >= 15 is 0 Å². The maximum absolute atomic E-state index is 13.4. The number of aryl methyl sites for hydroxylation is 1. The molecular weight excluding hydrogens is 269 g/mol. The highest BCUT2D eigenvalue weighted by atomic mass is 19.1. The average Bonchev–Trinajstić information content (AvgIpc) is 2.49. The molecule has 1 heterocycles. The number of benzene rings is 2. The molecule has 1 unspecified atom stereocenters. The zero-order chi connectivity index (χ0) is 15.0. The maximum atomic E-state index is 13.4. The maximum Gasteiger partial charge on any atom is 0.126 e. The van der Waals surface area contributed by atoms with E-state index in [9.17, 15) is 4.39 Å². The summed E-state index contributed by atoms with van der Waals surface area (Å²) in [5, 5.41) is 0. The topological polar surface area (TPSA) is 44.5 Å². The molecule has 2 atom stereocenters. The minimum Gasteiger partial charge on any atom is -0.497 e. The Hall–Kier alpha value is -2.07. The lowest BCUT2D eigenvalue weighted by Gasteiger charge is -2.31. The lowest BCUT2D eigenvalue weighted by molar-refractivity contribution is 0.161. The van der Waals surface area contributed by atoms with Gasteiger partial charge in [0.2, 0.25) is 0 Å². The van der Waals surface area contributed by atoms with Crippen molar-refractivity contribution in [1.82, 2.24) is 0 Å². The van der Waals surface area contributed by atoms with Gasteiger partial charge in [0.15, 0.2) is 0 Å². The number of rotatable bonds is 2. The van der Waals surface area contributed by atoms with Crippen molar-refractivity contribution < 1.29 is 13.9 Å². The third kappa shape index (κ3) is 2.59. The van der Waals surface area contributed by atoms with Gasteiger partial charge in [0.05, 0.1) is 7.11 Å². The van der Waals surface area contributed by atoms with Gasteiger partial charge >= 0.3 is 0 Å². The lowest BCUT2D eigenvalue weighted by atomic mass is 9.93. The van der Waals surface area contributed by atoms with Crippen molar-refractivity contribution in [2.45, 2.75) is 25.5 Å². The zero-order valence-electron chi connectivity index (χ0n) is 12.1. The second kappa shape index (κ2) is 5.37. The van der Waals surface area contributed by atoms with E-state index in [1.54, 1.807) is 20.1 Å². The molecule has 2 aromatic carbocycles. The number of halogens is 1. The Morgan fingerprint density at radius 1 is 1.24 bits per heavy atom. The molecule has 2 N–H and O–H groups in total. The minimum absolute atomic E-state index is 0.126. The van der Waals surface area contributed by atoms with Crippen LogP contribution in [0.1, 0.15) is 35.3 Å². The van der Waals surface area contributed by atoms with Crippen molar-refractivity contribution in [1.29, 1.82) is 0 Å². The van der Waals surface area contributed by atoms with Crippen LogP contribution in [0.3, 0.4) is 0 Å². The van der Waals surface area contributed by atoms with Crippen molar-refractivity contribution in [3.05, 3.63) is 58.9 Å². The Balaban J connectivity index is 1.92. The summed E-state index contributed by atoms with van der Waals surface area (Å²) in [6.45, 7) is 1.75. The fourth-order valence-electron chi connectivity index (χ4n) is 2.68. The molecular formula is C17H18FNO2. The van der Waals surface area contributed by atoms with Gasteiger partial charge in [-0.2, -0.15) is 0 Å². The largest absolute Gasteiger partial charge is 0.497 e. The summed E-state index contributed by atoms with van der Waals surface area (Å²) < 4.78 is 24.6. The molecule has 4 heteroatoms. The average molecular weight is 287 g/mol. The summed E-state index contributed by atoms with van der Waals surface area (Å²) >= 11 is 0. The van der Waals surface area contributed by atoms with Gasteiger partial charge in [-0.05, 0) is 48.4 Å². The van der Waals surface area contributed by atoms with Crippen LogP contribution in [0, 0.1) is 12.7 Å². The first-order valence-electron chi connectivity index (χ1n) is 6.94. The first-order valence-corrected chi connectivity index (χ1v) is 6.94. The van der Waals surface area contributed by atoms with Crippen molar-refractivity contribution in [2.24, 2.45) is 5.73 Å². The van der Waals surface area contributed by atoms with Crippen molar-refractivity contribution in [3.63, 3.8) is 0 Å². The van der Waals surface area contributed by atoms with Gasteiger partial charge in [0, 0.05) is 18.0 Å². The van der Waals surface area contributed by atoms with E-state index in [1.807, 2.05) is 24.3 Å². The van der Waals surface area contributed by atoms with E-state index in [1.165, 1.54) is 6.07 Å². The molecule has 0 aliphatic carbocycles. The van der Waals surface area contributed by atoms with Gasteiger partial charge in [-0.25, -0.2) is 4.39 Å². The molecule has 0 saturated heterocycles. The summed E-state index contributed by atoms with van der Waals surface area (Å²) in [4.78, 5) is 0. The van der Waals surface area contributed by atoms with Gasteiger partial charge in [-0.1, -0.05) is 6.07 Å². The van der Waals surface area contributed by atoms with Crippen molar-refractivity contribution in [3.8, 4) is 11.5 Å². The predicted octanol–water partition coefficient (Wildman–Crippen LogP) is 3.67. The number of hydrogen-bond donors (Lipinski definition) is 1. The van der Waals surface area contributed by atoms with Crippen molar-refractivity contribution >= 4 is 0 Å². The Morgan fingerprint density at radius 3 is 2.76 bits per heavy atom. The Morgan fingerprint density at radius 2 is 2.05 bits per heavy atom. The van der Waals surface area contributed by atoms with Gasteiger partial charge in [0.1, 0.15) is 23.4 Å². The quantitative estimate of drug-likeness (QED) is 0.916. The molecule has 0 amide bonds. The monoisotopic (exact) mass is 287 g/mol. The molecule has 0 fully saturated rings.